The van der Waals surface area contributed by atoms with Crippen molar-refractivity contribution in [3.63, 3.8) is 0 Å². The minimum absolute atomic E-state index is 0.612. The summed E-state index contributed by atoms with van der Waals surface area (Å²) in [7, 11) is 4.48. The predicted molar refractivity (Wildman–Crippen MR) is 95.4 cm³/mol. The summed E-state index contributed by atoms with van der Waals surface area (Å²) in [5.74, 6) is 1.32. The van der Waals surface area contributed by atoms with Crippen molar-refractivity contribution in [1.29, 1.82) is 0 Å². The molecule has 1 heteroatoms. The minimum atomic E-state index is 0.612. The lowest BCUT2D eigenvalue weighted by Crippen LogP contribution is -3.05. The molecule has 2 atom stereocenters. The normalized spacial score (nSPS) is 14.0. The van der Waals surface area contributed by atoms with Crippen LogP contribution in [-0.4, -0.2) is 20.6 Å². The van der Waals surface area contributed by atoms with Crippen LogP contribution in [0.5, 0.6) is 0 Å². The second kappa shape index (κ2) is 8.75. The molecule has 0 bridgehead atoms. The van der Waals surface area contributed by atoms with Gasteiger partial charge in [0.15, 0.2) is 0 Å². The average Bonchev–Trinajstić information content (AvgIpc) is 2.54. The molecule has 0 spiro atoms. The Morgan fingerprint density at radius 3 is 2.05 bits per heavy atom. The monoisotopic (exact) mass is 296 g/mol. The van der Waals surface area contributed by atoms with Gasteiger partial charge in [-0.1, -0.05) is 67.6 Å². The van der Waals surface area contributed by atoms with Gasteiger partial charge < -0.3 is 4.90 Å². The van der Waals surface area contributed by atoms with Crippen molar-refractivity contribution in [3.8, 4) is 0 Å². The SMILES string of the molecule is C[C@H](CCC[NH+](C)C)[C@H](Cc1ccccc1)c1ccccc1. The van der Waals surface area contributed by atoms with Crippen LogP contribution in [0, 0.1) is 5.92 Å². The van der Waals surface area contributed by atoms with E-state index >= 15 is 0 Å². The molecule has 0 saturated carbocycles. The Morgan fingerprint density at radius 1 is 0.864 bits per heavy atom. The lowest BCUT2D eigenvalue weighted by molar-refractivity contribution is -0.858. The maximum absolute atomic E-state index is 2.42. The third-order valence-electron chi connectivity index (χ3n) is 4.55. The molecule has 22 heavy (non-hydrogen) atoms. The maximum Gasteiger partial charge on any atom is 0.0766 e. The number of quaternary nitrogens is 1. The lowest BCUT2D eigenvalue weighted by atomic mass is 9.80. The summed E-state index contributed by atoms with van der Waals surface area (Å²) in [4.78, 5) is 1.55. The van der Waals surface area contributed by atoms with Crippen molar-refractivity contribution in [2.45, 2.75) is 32.1 Å². The van der Waals surface area contributed by atoms with E-state index in [1.165, 1.54) is 30.5 Å². The Labute approximate surface area is 136 Å². The van der Waals surface area contributed by atoms with Gasteiger partial charge in [-0.3, -0.25) is 0 Å². The van der Waals surface area contributed by atoms with Crippen LogP contribution in [0.4, 0.5) is 0 Å². The summed E-state index contributed by atoms with van der Waals surface area (Å²) in [6, 6.07) is 22.0. The van der Waals surface area contributed by atoms with E-state index in [9.17, 15) is 0 Å². The van der Waals surface area contributed by atoms with Gasteiger partial charge in [-0.25, -0.2) is 0 Å². The van der Waals surface area contributed by atoms with E-state index in [1.54, 1.807) is 4.90 Å². The number of hydrogen-bond donors (Lipinski definition) is 1. The van der Waals surface area contributed by atoms with Crippen LogP contribution >= 0.6 is 0 Å². The molecular formula is C21H30N+. The quantitative estimate of drug-likeness (QED) is 0.759. The third-order valence-corrected chi connectivity index (χ3v) is 4.55. The molecule has 2 rings (SSSR count). The van der Waals surface area contributed by atoms with Crippen LogP contribution < -0.4 is 4.90 Å². The van der Waals surface area contributed by atoms with Crippen molar-refractivity contribution in [2.75, 3.05) is 20.6 Å². The van der Waals surface area contributed by atoms with Crippen LogP contribution in [0.1, 0.15) is 36.8 Å². The molecule has 0 aliphatic carbocycles. The number of hydrogen-bond acceptors (Lipinski definition) is 0. The Morgan fingerprint density at radius 2 is 1.45 bits per heavy atom. The molecule has 0 saturated heterocycles. The Balaban J connectivity index is 2.08. The van der Waals surface area contributed by atoms with Crippen LogP contribution in [0.2, 0.25) is 0 Å². The zero-order chi connectivity index (χ0) is 15.8. The number of rotatable bonds is 8. The van der Waals surface area contributed by atoms with Crippen LogP contribution in [0.3, 0.4) is 0 Å². The fourth-order valence-electron chi connectivity index (χ4n) is 3.19. The van der Waals surface area contributed by atoms with E-state index in [0.29, 0.717) is 11.8 Å². The summed E-state index contributed by atoms with van der Waals surface area (Å²) in [6.45, 7) is 3.68. The van der Waals surface area contributed by atoms with Gasteiger partial charge in [0.25, 0.3) is 0 Å². The van der Waals surface area contributed by atoms with Crippen LogP contribution in [-0.2, 0) is 6.42 Å². The molecule has 0 fully saturated rings. The molecule has 118 valence electrons. The molecule has 0 aromatic heterocycles. The Bertz CT molecular complexity index is 518. The minimum Gasteiger partial charge on any atom is -0.340 e. The highest BCUT2D eigenvalue weighted by molar-refractivity contribution is 5.24. The summed E-state index contributed by atoms with van der Waals surface area (Å²) in [5, 5.41) is 0. The van der Waals surface area contributed by atoms with Gasteiger partial charge in [-0.05, 0) is 42.2 Å². The summed E-state index contributed by atoms with van der Waals surface area (Å²) in [6.07, 6.45) is 3.75. The van der Waals surface area contributed by atoms with E-state index < -0.39 is 0 Å². The smallest absolute Gasteiger partial charge is 0.0766 e. The highest BCUT2D eigenvalue weighted by Crippen LogP contribution is 2.31. The maximum atomic E-state index is 2.42. The molecule has 0 amide bonds. The molecule has 0 aliphatic heterocycles. The zero-order valence-electron chi connectivity index (χ0n) is 14.3. The summed E-state index contributed by atoms with van der Waals surface area (Å²) in [5.41, 5.74) is 2.93. The second-order valence-electron chi connectivity index (χ2n) is 6.78. The highest BCUT2D eigenvalue weighted by atomic mass is 15.0. The van der Waals surface area contributed by atoms with Crippen LogP contribution in [0.25, 0.3) is 0 Å². The Hall–Kier alpha value is -1.60. The molecule has 2 aromatic carbocycles. The first kappa shape index (κ1) is 16.8. The average molecular weight is 296 g/mol. The van der Waals surface area contributed by atoms with Gasteiger partial charge in [0, 0.05) is 0 Å². The molecule has 0 radical (unpaired) electrons. The summed E-state index contributed by atoms with van der Waals surface area (Å²) >= 11 is 0. The van der Waals surface area contributed by atoms with E-state index in [1.807, 2.05) is 0 Å². The molecule has 2 aromatic rings. The van der Waals surface area contributed by atoms with E-state index in [2.05, 4.69) is 81.7 Å². The van der Waals surface area contributed by atoms with Gasteiger partial charge in [0.2, 0.25) is 0 Å². The molecule has 1 nitrogen and oxygen atoms in total. The third kappa shape index (κ3) is 5.31. The second-order valence-corrected chi connectivity index (χ2v) is 6.78. The lowest BCUT2D eigenvalue weighted by Gasteiger charge is -2.25. The molecule has 0 aliphatic rings. The van der Waals surface area contributed by atoms with Gasteiger partial charge in [0.05, 0.1) is 20.6 Å². The van der Waals surface area contributed by atoms with Gasteiger partial charge >= 0.3 is 0 Å². The Kier molecular flexibility index (Phi) is 6.67. The van der Waals surface area contributed by atoms with Crippen molar-refractivity contribution >= 4 is 0 Å². The van der Waals surface area contributed by atoms with Crippen molar-refractivity contribution in [2.24, 2.45) is 5.92 Å². The largest absolute Gasteiger partial charge is 0.340 e. The van der Waals surface area contributed by atoms with E-state index in [4.69, 9.17) is 0 Å². The number of nitrogens with one attached hydrogen (secondary N) is 1. The standard InChI is InChI=1S/C21H29N/c1-18(11-10-16-22(2)3)21(20-14-8-5-9-15-20)17-19-12-6-4-7-13-19/h4-9,12-15,18,21H,10-11,16-17H2,1-3H3/p+1/t18-,21+/m1/s1. The fourth-order valence-corrected chi connectivity index (χ4v) is 3.19. The summed E-state index contributed by atoms with van der Waals surface area (Å²) < 4.78 is 0. The van der Waals surface area contributed by atoms with Crippen LogP contribution in [0.15, 0.2) is 60.7 Å². The van der Waals surface area contributed by atoms with Crippen molar-refractivity contribution in [1.82, 2.24) is 0 Å². The van der Waals surface area contributed by atoms with Gasteiger partial charge in [-0.2, -0.15) is 0 Å². The molecule has 0 heterocycles. The van der Waals surface area contributed by atoms with Gasteiger partial charge in [0.1, 0.15) is 0 Å². The topological polar surface area (TPSA) is 4.44 Å². The zero-order valence-corrected chi connectivity index (χ0v) is 14.3. The van der Waals surface area contributed by atoms with E-state index in [-0.39, 0.29) is 0 Å². The first-order chi connectivity index (χ1) is 10.7. The fraction of sp³-hybridized carbons (Fsp3) is 0.429. The first-order valence-corrected chi connectivity index (χ1v) is 8.54. The molecular weight excluding hydrogens is 266 g/mol. The molecule has 1 N–H and O–H groups in total. The molecule has 0 unspecified atom stereocenters. The highest BCUT2D eigenvalue weighted by Gasteiger charge is 2.19. The van der Waals surface area contributed by atoms with Crippen molar-refractivity contribution in [3.05, 3.63) is 71.8 Å². The van der Waals surface area contributed by atoms with E-state index in [0.717, 1.165) is 6.42 Å². The number of benzene rings is 2. The first-order valence-electron chi connectivity index (χ1n) is 8.54. The van der Waals surface area contributed by atoms with Crippen molar-refractivity contribution < 1.29 is 4.90 Å². The van der Waals surface area contributed by atoms with Gasteiger partial charge in [-0.15, -0.1) is 0 Å². The predicted octanol–water partition coefficient (Wildman–Crippen LogP) is 3.57.